The fourth-order valence-corrected chi connectivity index (χ4v) is 10.4. The van der Waals surface area contributed by atoms with Crippen molar-refractivity contribution in [2.75, 3.05) is 0 Å². The quantitative estimate of drug-likeness (QED) is 0.180. The highest BCUT2D eigenvalue weighted by molar-refractivity contribution is 7.26. The number of para-hydroxylation sites is 4. The molecule has 0 aliphatic heterocycles. The van der Waals surface area contributed by atoms with Crippen molar-refractivity contribution < 1.29 is 0 Å². The number of aromatic nitrogens is 5. The van der Waals surface area contributed by atoms with Gasteiger partial charge < -0.3 is 8.97 Å². The third-order valence-corrected chi connectivity index (χ3v) is 12.8. The van der Waals surface area contributed by atoms with Crippen LogP contribution in [0, 0.1) is 0 Å². The maximum absolute atomic E-state index is 5.33. The van der Waals surface area contributed by atoms with Crippen LogP contribution < -0.4 is 0 Å². The zero-order valence-electron chi connectivity index (χ0n) is 30.4. The molecule has 264 valence electrons. The van der Waals surface area contributed by atoms with E-state index in [1.807, 2.05) is 29.5 Å². The molecular weight excluding hydrogens is 715 g/mol. The van der Waals surface area contributed by atoms with Gasteiger partial charge in [0.1, 0.15) is 0 Å². The molecule has 0 bridgehead atoms. The molecule has 5 aromatic heterocycles. The lowest BCUT2D eigenvalue weighted by molar-refractivity contribution is 1.08. The molecule has 57 heavy (non-hydrogen) atoms. The molecule has 5 nitrogen and oxygen atoms in total. The predicted molar refractivity (Wildman–Crippen MR) is 238 cm³/mol. The third kappa shape index (κ3) is 4.36. The third-order valence-electron chi connectivity index (χ3n) is 11.7. The Morgan fingerprint density at radius 3 is 1.81 bits per heavy atom. The van der Waals surface area contributed by atoms with Crippen LogP contribution >= 0.6 is 11.3 Å². The van der Waals surface area contributed by atoms with E-state index in [2.05, 4.69) is 167 Å². The smallest absolute Gasteiger partial charge is 0.164 e. The molecule has 5 heterocycles. The first-order valence-electron chi connectivity index (χ1n) is 19.2. The molecule has 0 saturated heterocycles. The molecular formula is C51H29N5S. The second-order valence-corrected chi connectivity index (χ2v) is 15.9. The Morgan fingerprint density at radius 2 is 0.982 bits per heavy atom. The summed E-state index contributed by atoms with van der Waals surface area (Å²) in [5, 5.41) is 9.86. The molecule has 0 unspecified atom stereocenters. The van der Waals surface area contributed by atoms with Crippen LogP contribution in [0.3, 0.4) is 0 Å². The minimum atomic E-state index is 0.645. The summed E-state index contributed by atoms with van der Waals surface area (Å²) in [5.74, 6) is 1.96. The van der Waals surface area contributed by atoms with E-state index in [1.165, 1.54) is 63.7 Å². The predicted octanol–water partition coefficient (Wildman–Crippen LogP) is 13.5. The Kier molecular flexibility index (Phi) is 6.26. The number of rotatable bonds is 4. The van der Waals surface area contributed by atoms with Crippen molar-refractivity contribution in [3.63, 3.8) is 0 Å². The monoisotopic (exact) mass is 743 g/mol. The zero-order chi connectivity index (χ0) is 37.2. The van der Waals surface area contributed by atoms with Crippen LogP contribution in [0.25, 0.3) is 120 Å². The van der Waals surface area contributed by atoms with Crippen molar-refractivity contribution in [2.45, 2.75) is 0 Å². The normalized spacial score (nSPS) is 12.2. The van der Waals surface area contributed by atoms with Crippen LogP contribution in [-0.4, -0.2) is 23.9 Å². The van der Waals surface area contributed by atoms with E-state index in [0.717, 1.165) is 38.8 Å². The molecule has 0 aliphatic carbocycles. The van der Waals surface area contributed by atoms with Gasteiger partial charge in [-0.05, 0) is 60.7 Å². The fraction of sp³-hybridized carbons (Fsp3) is 0. The van der Waals surface area contributed by atoms with E-state index in [-0.39, 0.29) is 0 Å². The largest absolute Gasteiger partial charge is 0.309 e. The minimum absolute atomic E-state index is 0.645. The number of fused-ring (bicyclic) bond motifs is 12. The fourth-order valence-electron chi connectivity index (χ4n) is 9.24. The summed E-state index contributed by atoms with van der Waals surface area (Å²) in [6, 6.07) is 62.8. The van der Waals surface area contributed by atoms with E-state index in [0.29, 0.717) is 17.5 Å². The molecule has 0 saturated carbocycles. The van der Waals surface area contributed by atoms with Gasteiger partial charge in [0.05, 0.1) is 27.6 Å². The molecule has 6 heteroatoms. The number of hydrogen-bond acceptors (Lipinski definition) is 4. The van der Waals surface area contributed by atoms with E-state index in [9.17, 15) is 0 Å². The van der Waals surface area contributed by atoms with Gasteiger partial charge in [-0.3, -0.25) is 0 Å². The van der Waals surface area contributed by atoms with Crippen molar-refractivity contribution in [3.8, 4) is 39.9 Å². The number of thiophene rings is 1. The molecule has 8 aromatic carbocycles. The first-order chi connectivity index (χ1) is 28.3. The van der Waals surface area contributed by atoms with Crippen LogP contribution in [0.2, 0.25) is 0 Å². The SMILES string of the molecule is c1ccc(-c2nc(-c3ccc4c(c3)c3ccccc3n4-c3ccccc3)nc(-c3cccc4sc5cc6c7cccc8c9ccccc9n(c6cc5c34)c87)n2)cc1. The molecule has 13 rings (SSSR count). The summed E-state index contributed by atoms with van der Waals surface area (Å²) in [6.45, 7) is 0. The van der Waals surface area contributed by atoms with Gasteiger partial charge in [-0.2, -0.15) is 0 Å². The van der Waals surface area contributed by atoms with Crippen molar-refractivity contribution >= 4 is 91.4 Å². The van der Waals surface area contributed by atoms with E-state index in [4.69, 9.17) is 15.0 Å². The van der Waals surface area contributed by atoms with Gasteiger partial charge >= 0.3 is 0 Å². The lowest BCUT2D eigenvalue weighted by atomic mass is 10.0. The van der Waals surface area contributed by atoms with Crippen LogP contribution in [0.15, 0.2) is 176 Å². The maximum atomic E-state index is 5.33. The van der Waals surface area contributed by atoms with Crippen LogP contribution in [0.1, 0.15) is 0 Å². The highest BCUT2D eigenvalue weighted by atomic mass is 32.1. The van der Waals surface area contributed by atoms with Gasteiger partial charge in [0.2, 0.25) is 0 Å². The highest BCUT2D eigenvalue weighted by Crippen LogP contribution is 2.45. The first-order valence-corrected chi connectivity index (χ1v) is 20.0. The Bertz CT molecular complexity index is 3750. The number of hydrogen-bond donors (Lipinski definition) is 0. The van der Waals surface area contributed by atoms with Crippen molar-refractivity contribution in [3.05, 3.63) is 176 Å². The topological polar surface area (TPSA) is 48.0 Å². The van der Waals surface area contributed by atoms with Crippen molar-refractivity contribution in [1.82, 2.24) is 23.9 Å². The Hall–Kier alpha value is -7.41. The van der Waals surface area contributed by atoms with Gasteiger partial charge in [0.15, 0.2) is 17.5 Å². The average Bonchev–Trinajstić information content (AvgIpc) is 4.01. The Labute approximate surface area is 329 Å². The van der Waals surface area contributed by atoms with E-state index < -0.39 is 0 Å². The van der Waals surface area contributed by atoms with Gasteiger partial charge in [-0.1, -0.05) is 115 Å². The average molecular weight is 744 g/mol. The molecule has 0 spiro atoms. The number of benzene rings is 8. The first kappa shape index (κ1) is 30.9. The molecule has 0 radical (unpaired) electrons. The van der Waals surface area contributed by atoms with Crippen LogP contribution in [0.4, 0.5) is 0 Å². The summed E-state index contributed by atoms with van der Waals surface area (Å²) in [4.78, 5) is 15.7. The molecule has 0 N–H and O–H groups in total. The summed E-state index contributed by atoms with van der Waals surface area (Å²) >= 11 is 1.83. The lowest BCUT2D eigenvalue weighted by Gasteiger charge is -2.10. The molecule has 13 aromatic rings. The summed E-state index contributed by atoms with van der Waals surface area (Å²) < 4.78 is 7.25. The molecule has 0 fully saturated rings. The minimum Gasteiger partial charge on any atom is -0.309 e. The summed E-state index contributed by atoms with van der Waals surface area (Å²) in [5.41, 5.74) is 10.1. The highest BCUT2D eigenvalue weighted by Gasteiger charge is 2.22. The maximum Gasteiger partial charge on any atom is 0.164 e. The van der Waals surface area contributed by atoms with Gasteiger partial charge in [0, 0.05) is 74.9 Å². The Morgan fingerprint density at radius 1 is 0.368 bits per heavy atom. The molecule has 0 atom stereocenters. The van der Waals surface area contributed by atoms with Gasteiger partial charge in [-0.25, -0.2) is 15.0 Å². The summed E-state index contributed by atoms with van der Waals surface area (Å²) in [6.07, 6.45) is 0. The molecule has 0 aliphatic rings. The Balaban J connectivity index is 1.07. The number of nitrogens with zero attached hydrogens (tertiary/aromatic N) is 5. The second kappa shape index (κ2) is 11.6. The second-order valence-electron chi connectivity index (χ2n) is 14.8. The molecule has 0 amide bonds. The lowest BCUT2D eigenvalue weighted by Crippen LogP contribution is -2.00. The van der Waals surface area contributed by atoms with Crippen LogP contribution in [-0.2, 0) is 0 Å². The van der Waals surface area contributed by atoms with E-state index in [1.54, 1.807) is 0 Å². The van der Waals surface area contributed by atoms with Crippen molar-refractivity contribution in [2.24, 2.45) is 0 Å². The summed E-state index contributed by atoms with van der Waals surface area (Å²) in [7, 11) is 0. The van der Waals surface area contributed by atoms with Crippen LogP contribution in [0.5, 0.6) is 0 Å². The van der Waals surface area contributed by atoms with Gasteiger partial charge in [0.25, 0.3) is 0 Å². The van der Waals surface area contributed by atoms with Gasteiger partial charge in [-0.15, -0.1) is 11.3 Å². The van der Waals surface area contributed by atoms with Crippen molar-refractivity contribution in [1.29, 1.82) is 0 Å². The zero-order valence-corrected chi connectivity index (χ0v) is 31.2. The van der Waals surface area contributed by atoms with E-state index >= 15 is 0 Å². The standard InChI is InChI=1S/C51H29N5S/c1-3-13-30(14-4-1)49-52-50(31-25-26-43-38(27-31)34-18-8-9-22-41(34)55(43)32-15-5-2-6-16-32)54-51(53-49)37-21-12-24-45-47(37)40-28-44-39(29-46(40)57-45)36-20-11-19-35-33-17-7-10-23-42(33)56(44)48(35)36/h1-29H.